The fourth-order valence-electron chi connectivity index (χ4n) is 5.03. The minimum Gasteiger partial charge on any atom is -0.347 e. The maximum Gasteiger partial charge on any atom is 0.252 e. The van der Waals surface area contributed by atoms with Crippen molar-refractivity contribution in [1.29, 1.82) is 0 Å². The first-order chi connectivity index (χ1) is 15.1. The third kappa shape index (κ3) is 3.14. The molecule has 1 aliphatic heterocycles. The van der Waals surface area contributed by atoms with Crippen molar-refractivity contribution in [2.75, 3.05) is 13.1 Å². The molecule has 0 radical (unpaired) electrons. The Morgan fingerprint density at radius 2 is 1.87 bits per heavy atom. The van der Waals surface area contributed by atoms with Gasteiger partial charge in [-0.05, 0) is 65.3 Å². The molecule has 1 saturated heterocycles. The molecular weight excluding hydrogens is 382 g/mol. The van der Waals surface area contributed by atoms with E-state index in [9.17, 15) is 4.79 Å². The van der Waals surface area contributed by atoms with Crippen molar-refractivity contribution in [2.24, 2.45) is 5.92 Å². The fourth-order valence-corrected chi connectivity index (χ4v) is 5.03. The molecule has 1 aromatic heterocycles. The first-order valence-corrected chi connectivity index (χ1v) is 11.2. The molecule has 2 N–H and O–H groups in total. The van der Waals surface area contributed by atoms with Crippen LogP contribution in [0.25, 0.3) is 21.7 Å². The number of aryl methyl sites for hydroxylation is 1. The van der Waals surface area contributed by atoms with Crippen LogP contribution in [0.4, 0.5) is 0 Å². The Hall–Kier alpha value is -3.11. The molecule has 156 valence electrons. The number of benzene rings is 3. The van der Waals surface area contributed by atoms with E-state index in [1.807, 2.05) is 6.92 Å². The smallest absolute Gasteiger partial charge is 0.252 e. The number of aromatic nitrogens is 1. The van der Waals surface area contributed by atoms with Gasteiger partial charge >= 0.3 is 0 Å². The van der Waals surface area contributed by atoms with E-state index in [-0.39, 0.29) is 11.4 Å². The largest absolute Gasteiger partial charge is 0.347 e. The summed E-state index contributed by atoms with van der Waals surface area (Å²) in [7, 11) is 0. The highest BCUT2D eigenvalue weighted by molar-refractivity contribution is 6.00. The molecule has 0 unspecified atom stereocenters. The zero-order chi connectivity index (χ0) is 21.0. The third-order valence-corrected chi connectivity index (χ3v) is 7.09. The van der Waals surface area contributed by atoms with Gasteiger partial charge in [-0.1, -0.05) is 42.5 Å². The average Bonchev–Trinajstić information content (AvgIpc) is 3.42. The number of rotatable bonds is 5. The minimum atomic E-state index is -0.251. The summed E-state index contributed by atoms with van der Waals surface area (Å²) in [5.41, 5.74) is 3.95. The van der Waals surface area contributed by atoms with Crippen LogP contribution in [0.2, 0.25) is 0 Å². The van der Waals surface area contributed by atoms with Gasteiger partial charge in [0.2, 0.25) is 0 Å². The van der Waals surface area contributed by atoms with Crippen molar-refractivity contribution in [3.05, 3.63) is 83.6 Å². The molecule has 4 heteroatoms. The standard InChI is InChI=1S/C27H27N3O/c1-18-13-21-9-12-30(17-19-15-28-16-19)25(21)14-23(18)26(31)29-27(10-11-27)24-8-4-6-20-5-2-3-7-22(20)24/h2-9,12-14,19,28H,10-11,15-17H2,1H3,(H,29,31). The molecule has 2 fully saturated rings. The second kappa shape index (κ2) is 6.96. The van der Waals surface area contributed by atoms with Crippen LogP contribution in [0.1, 0.15) is 34.3 Å². The van der Waals surface area contributed by atoms with Crippen molar-refractivity contribution >= 4 is 27.6 Å². The van der Waals surface area contributed by atoms with Crippen molar-refractivity contribution in [3.8, 4) is 0 Å². The Bertz CT molecular complexity index is 1310. The van der Waals surface area contributed by atoms with Gasteiger partial charge < -0.3 is 15.2 Å². The van der Waals surface area contributed by atoms with E-state index in [0.29, 0.717) is 5.92 Å². The van der Waals surface area contributed by atoms with Crippen molar-refractivity contribution in [1.82, 2.24) is 15.2 Å². The van der Waals surface area contributed by atoms with Crippen LogP contribution >= 0.6 is 0 Å². The summed E-state index contributed by atoms with van der Waals surface area (Å²) in [5.74, 6) is 0.707. The van der Waals surface area contributed by atoms with Gasteiger partial charge in [0, 0.05) is 42.8 Å². The maximum atomic E-state index is 13.5. The summed E-state index contributed by atoms with van der Waals surface area (Å²) >= 11 is 0. The van der Waals surface area contributed by atoms with Gasteiger partial charge in [0.25, 0.3) is 5.91 Å². The van der Waals surface area contributed by atoms with E-state index in [1.54, 1.807) is 0 Å². The van der Waals surface area contributed by atoms with Crippen LogP contribution < -0.4 is 10.6 Å². The summed E-state index contributed by atoms with van der Waals surface area (Å²) in [6.07, 6.45) is 4.13. The number of carbonyl (C=O) groups excluding carboxylic acids is 1. The zero-order valence-corrected chi connectivity index (χ0v) is 17.8. The number of hydrogen-bond acceptors (Lipinski definition) is 2. The van der Waals surface area contributed by atoms with Crippen LogP contribution in [0, 0.1) is 12.8 Å². The van der Waals surface area contributed by atoms with Crippen LogP contribution in [0.3, 0.4) is 0 Å². The topological polar surface area (TPSA) is 46.1 Å². The van der Waals surface area contributed by atoms with E-state index in [2.05, 4.69) is 82.1 Å². The molecule has 1 amide bonds. The molecule has 1 saturated carbocycles. The van der Waals surface area contributed by atoms with Gasteiger partial charge in [-0.15, -0.1) is 0 Å². The Morgan fingerprint density at radius 3 is 2.65 bits per heavy atom. The summed E-state index contributed by atoms with van der Waals surface area (Å²) in [5, 5.41) is 10.4. The predicted molar refractivity (Wildman–Crippen MR) is 125 cm³/mol. The highest BCUT2D eigenvalue weighted by Gasteiger charge is 2.46. The molecule has 0 atom stereocenters. The van der Waals surface area contributed by atoms with E-state index < -0.39 is 0 Å². The molecule has 4 nitrogen and oxygen atoms in total. The summed E-state index contributed by atoms with van der Waals surface area (Å²) < 4.78 is 2.30. The molecule has 1 aliphatic carbocycles. The normalized spacial score (nSPS) is 17.6. The summed E-state index contributed by atoms with van der Waals surface area (Å²) in [6.45, 7) is 5.19. The van der Waals surface area contributed by atoms with E-state index in [1.165, 1.54) is 21.7 Å². The van der Waals surface area contributed by atoms with Gasteiger partial charge in [-0.2, -0.15) is 0 Å². The van der Waals surface area contributed by atoms with Crippen molar-refractivity contribution in [3.63, 3.8) is 0 Å². The lowest BCUT2D eigenvalue weighted by Crippen LogP contribution is -2.44. The zero-order valence-electron chi connectivity index (χ0n) is 17.8. The summed E-state index contributed by atoms with van der Waals surface area (Å²) in [6, 6.07) is 21.3. The monoisotopic (exact) mass is 409 g/mol. The Kier molecular flexibility index (Phi) is 4.19. The first-order valence-electron chi connectivity index (χ1n) is 11.2. The molecule has 4 aromatic rings. The Balaban J connectivity index is 1.33. The van der Waals surface area contributed by atoms with Gasteiger partial charge in [0.1, 0.15) is 0 Å². The van der Waals surface area contributed by atoms with Crippen molar-refractivity contribution < 1.29 is 4.79 Å². The third-order valence-electron chi connectivity index (χ3n) is 7.09. The minimum absolute atomic E-state index is 0.0305. The van der Waals surface area contributed by atoms with E-state index >= 15 is 0 Å². The molecule has 2 heterocycles. The van der Waals surface area contributed by atoms with Gasteiger partial charge in [-0.3, -0.25) is 4.79 Å². The van der Waals surface area contributed by atoms with E-state index in [4.69, 9.17) is 0 Å². The number of hydrogen-bond donors (Lipinski definition) is 2. The average molecular weight is 410 g/mol. The fraction of sp³-hybridized carbons (Fsp3) is 0.296. The van der Waals surface area contributed by atoms with Crippen LogP contribution in [-0.2, 0) is 12.1 Å². The number of fused-ring (bicyclic) bond motifs is 2. The van der Waals surface area contributed by atoms with Crippen LogP contribution in [0.5, 0.6) is 0 Å². The quantitative estimate of drug-likeness (QED) is 0.500. The number of amides is 1. The molecule has 3 aromatic carbocycles. The number of carbonyl (C=O) groups is 1. The molecule has 31 heavy (non-hydrogen) atoms. The lowest BCUT2D eigenvalue weighted by molar-refractivity contribution is 0.0930. The van der Waals surface area contributed by atoms with Crippen LogP contribution in [-0.4, -0.2) is 23.6 Å². The maximum absolute atomic E-state index is 13.5. The highest BCUT2D eigenvalue weighted by atomic mass is 16.1. The first kappa shape index (κ1) is 18.6. The molecule has 0 bridgehead atoms. The Labute approximate surface area is 182 Å². The van der Waals surface area contributed by atoms with Gasteiger partial charge in [0.15, 0.2) is 0 Å². The molecule has 6 rings (SSSR count). The van der Waals surface area contributed by atoms with E-state index in [0.717, 1.165) is 49.1 Å². The van der Waals surface area contributed by atoms with Crippen LogP contribution in [0.15, 0.2) is 66.9 Å². The molecule has 2 aliphatic rings. The van der Waals surface area contributed by atoms with Gasteiger partial charge in [0.05, 0.1) is 5.54 Å². The van der Waals surface area contributed by atoms with Crippen molar-refractivity contribution in [2.45, 2.75) is 31.8 Å². The number of nitrogens with one attached hydrogen (secondary N) is 2. The summed E-state index contributed by atoms with van der Waals surface area (Å²) in [4.78, 5) is 13.5. The Morgan fingerprint density at radius 1 is 1.06 bits per heavy atom. The van der Waals surface area contributed by atoms with Gasteiger partial charge in [-0.25, -0.2) is 0 Å². The highest BCUT2D eigenvalue weighted by Crippen LogP contribution is 2.48. The SMILES string of the molecule is Cc1cc2ccn(CC3CNC3)c2cc1C(=O)NC1(c2cccc3ccccc23)CC1. The predicted octanol–water partition coefficient (Wildman–Crippen LogP) is 4.74. The lowest BCUT2D eigenvalue weighted by atomic mass is 9.96. The second-order valence-corrected chi connectivity index (χ2v) is 9.28. The molecule has 0 spiro atoms. The molecular formula is C27H27N3O. The number of nitrogens with zero attached hydrogens (tertiary/aromatic N) is 1. The second-order valence-electron chi connectivity index (χ2n) is 9.28. The lowest BCUT2D eigenvalue weighted by Gasteiger charge is -2.27.